The lowest BCUT2D eigenvalue weighted by molar-refractivity contribution is -0.0198. The van der Waals surface area contributed by atoms with Crippen molar-refractivity contribution in [2.45, 2.75) is 69.1 Å². The van der Waals surface area contributed by atoms with Crippen LogP contribution in [0.4, 0.5) is 0 Å². The Morgan fingerprint density at radius 2 is 1.83 bits per heavy atom. The summed E-state index contributed by atoms with van der Waals surface area (Å²) in [5.41, 5.74) is -0.504. The normalized spacial score (nSPS) is 57.4. The number of fused-ring (bicyclic) bond motifs is 2. The molecule has 1 aliphatic heterocycles. The zero-order valence-corrected chi connectivity index (χ0v) is 13.3. The minimum atomic E-state index is -0.651. The van der Waals surface area contributed by atoms with Crippen molar-refractivity contribution < 1.29 is 9.84 Å². The van der Waals surface area contributed by atoms with Crippen LogP contribution in [-0.4, -0.2) is 27.2 Å². The largest absolute Gasteiger partial charge is 0.386 e. The Labute approximate surface area is 118 Å². The summed E-state index contributed by atoms with van der Waals surface area (Å²) in [7, 11) is 0. The van der Waals surface area contributed by atoms with E-state index in [9.17, 15) is 5.11 Å². The number of halogens is 1. The Hall–Kier alpha value is 0.140. The summed E-state index contributed by atoms with van der Waals surface area (Å²) in [4.78, 5) is 0.471. The van der Waals surface area contributed by atoms with Gasteiger partial charge in [0, 0.05) is 10.2 Å². The molecule has 0 radical (unpaired) electrons. The van der Waals surface area contributed by atoms with Gasteiger partial charge in [0.15, 0.2) is 0 Å². The summed E-state index contributed by atoms with van der Waals surface area (Å²) in [6, 6.07) is 0. The lowest BCUT2D eigenvalue weighted by atomic mass is 9.49. The smallest absolute Gasteiger partial charge is 0.102 e. The maximum Gasteiger partial charge on any atom is 0.102 e. The molecular weight excluding hydrogens is 292 g/mol. The zero-order valence-electron chi connectivity index (χ0n) is 11.7. The second-order valence-corrected chi connectivity index (χ2v) is 8.41. The molecule has 5 atom stereocenters. The third-order valence-corrected chi connectivity index (χ3v) is 7.45. The number of rotatable bonds is 0. The Balaban J connectivity index is 2.07. The van der Waals surface area contributed by atoms with Crippen LogP contribution < -0.4 is 0 Å². The van der Waals surface area contributed by atoms with Crippen molar-refractivity contribution in [1.29, 1.82) is 0 Å². The first kappa shape index (κ1) is 13.1. The van der Waals surface area contributed by atoms with Crippen molar-refractivity contribution in [3.8, 4) is 0 Å². The van der Waals surface area contributed by atoms with Gasteiger partial charge in [-0.05, 0) is 38.5 Å². The fourth-order valence-corrected chi connectivity index (χ4v) is 4.97. The van der Waals surface area contributed by atoms with Gasteiger partial charge in [0.05, 0.1) is 11.7 Å². The highest BCUT2D eigenvalue weighted by Crippen LogP contribution is 2.70. The second-order valence-electron chi connectivity index (χ2n) is 7.30. The average Bonchev–Trinajstić information content (AvgIpc) is 2.89. The molecule has 5 unspecified atom stereocenters. The molecule has 0 bridgehead atoms. The Morgan fingerprint density at radius 3 is 2.39 bits per heavy atom. The number of hydrogen-bond acceptors (Lipinski definition) is 2. The summed E-state index contributed by atoms with van der Waals surface area (Å²) >= 11 is 3.86. The molecule has 1 N–H and O–H groups in total. The highest BCUT2D eigenvalue weighted by molar-refractivity contribution is 9.09. The van der Waals surface area contributed by atoms with Gasteiger partial charge in [-0.3, -0.25) is 0 Å². The molecular formula is C15H23BrO2. The first-order chi connectivity index (χ1) is 8.15. The van der Waals surface area contributed by atoms with Gasteiger partial charge < -0.3 is 9.84 Å². The van der Waals surface area contributed by atoms with Crippen LogP contribution >= 0.6 is 15.9 Å². The van der Waals surface area contributed by atoms with E-state index < -0.39 is 5.60 Å². The van der Waals surface area contributed by atoms with E-state index in [1.165, 1.54) is 0 Å². The van der Waals surface area contributed by atoms with Gasteiger partial charge in [-0.25, -0.2) is 0 Å². The molecule has 0 amide bonds. The SMILES string of the molecule is CC1(O)C=CC2(CC1)C(C)(C)C(Br)CC1OC12C. The molecule has 3 rings (SSSR count). The van der Waals surface area contributed by atoms with Crippen LogP contribution in [0.2, 0.25) is 0 Å². The maximum absolute atomic E-state index is 10.2. The monoisotopic (exact) mass is 314 g/mol. The third kappa shape index (κ3) is 1.41. The molecule has 1 saturated carbocycles. The first-order valence-electron chi connectivity index (χ1n) is 6.89. The lowest BCUT2D eigenvalue weighted by Gasteiger charge is -2.55. The van der Waals surface area contributed by atoms with Gasteiger partial charge >= 0.3 is 0 Å². The molecule has 3 heteroatoms. The summed E-state index contributed by atoms with van der Waals surface area (Å²) in [6.07, 6.45) is 7.53. The van der Waals surface area contributed by atoms with Gasteiger partial charge in [0.2, 0.25) is 0 Å². The van der Waals surface area contributed by atoms with E-state index >= 15 is 0 Å². The van der Waals surface area contributed by atoms with Crippen molar-refractivity contribution >= 4 is 15.9 Å². The van der Waals surface area contributed by atoms with Crippen LogP contribution in [0.25, 0.3) is 0 Å². The van der Waals surface area contributed by atoms with E-state index in [4.69, 9.17) is 4.74 Å². The fourth-order valence-electron chi connectivity index (χ4n) is 4.22. The molecule has 2 aliphatic carbocycles. The van der Waals surface area contributed by atoms with Crippen molar-refractivity contribution in [2.24, 2.45) is 10.8 Å². The minimum Gasteiger partial charge on any atom is -0.386 e. The Morgan fingerprint density at radius 1 is 1.17 bits per heavy atom. The number of epoxide rings is 1. The number of aliphatic hydroxyl groups is 1. The molecule has 1 spiro atoms. The van der Waals surface area contributed by atoms with E-state index in [-0.39, 0.29) is 16.4 Å². The van der Waals surface area contributed by atoms with Gasteiger partial charge in [-0.2, -0.15) is 0 Å². The highest BCUT2D eigenvalue weighted by atomic mass is 79.9. The van der Waals surface area contributed by atoms with Crippen LogP contribution in [0.3, 0.4) is 0 Å². The van der Waals surface area contributed by atoms with Crippen molar-refractivity contribution in [1.82, 2.24) is 0 Å². The van der Waals surface area contributed by atoms with Crippen molar-refractivity contribution in [2.75, 3.05) is 0 Å². The third-order valence-electron chi connectivity index (χ3n) is 5.94. The Bertz CT molecular complexity index is 415. The molecule has 2 fully saturated rings. The van der Waals surface area contributed by atoms with Gasteiger partial charge in [-0.15, -0.1) is 0 Å². The van der Waals surface area contributed by atoms with E-state index in [1.54, 1.807) is 0 Å². The maximum atomic E-state index is 10.2. The predicted octanol–water partition coefficient (Wildman–Crippen LogP) is 3.42. The van der Waals surface area contributed by atoms with E-state index in [0.717, 1.165) is 19.3 Å². The molecule has 0 aromatic carbocycles. The molecule has 0 aromatic heterocycles. The average molecular weight is 315 g/mol. The van der Waals surface area contributed by atoms with Crippen molar-refractivity contribution in [3.63, 3.8) is 0 Å². The molecule has 1 saturated heterocycles. The van der Waals surface area contributed by atoms with Crippen LogP contribution in [0.1, 0.15) is 47.0 Å². The van der Waals surface area contributed by atoms with Crippen LogP contribution in [0.15, 0.2) is 12.2 Å². The summed E-state index contributed by atoms with van der Waals surface area (Å²) in [6.45, 7) is 8.81. The van der Waals surface area contributed by atoms with Gasteiger partial charge in [0.25, 0.3) is 0 Å². The summed E-state index contributed by atoms with van der Waals surface area (Å²) in [5, 5.41) is 10.2. The highest BCUT2D eigenvalue weighted by Gasteiger charge is 2.74. The standard InChI is InChI=1S/C15H23BrO2/c1-12(2)10(16)9-11-14(4,18-11)15(12)7-5-13(3,17)6-8-15/h5,7,10-11,17H,6,8-9H2,1-4H3. The number of ether oxygens (including phenoxy) is 1. The van der Waals surface area contributed by atoms with Crippen LogP contribution in [0.5, 0.6) is 0 Å². The molecule has 18 heavy (non-hydrogen) atoms. The van der Waals surface area contributed by atoms with Gasteiger partial charge in [-0.1, -0.05) is 41.9 Å². The zero-order chi connectivity index (χ0) is 13.4. The topological polar surface area (TPSA) is 32.8 Å². The predicted molar refractivity (Wildman–Crippen MR) is 75.8 cm³/mol. The van der Waals surface area contributed by atoms with E-state index in [0.29, 0.717) is 10.9 Å². The first-order valence-corrected chi connectivity index (χ1v) is 7.81. The van der Waals surface area contributed by atoms with E-state index in [2.05, 4.69) is 42.8 Å². The van der Waals surface area contributed by atoms with Crippen LogP contribution in [0, 0.1) is 10.8 Å². The number of alkyl halides is 1. The molecule has 2 nitrogen and oxygen atoms in total. The molecule has 0 aromatic rings. The minimum absolute atomic E-state index is 0.0340. The molecule has 3 aliphatic rings. The van der Waals surface area contributed by atoms with Crippen molar-refractivity contribution in [3.05, 3.63) is 12.2 Å². The Kier molecular flexibility index (Phi) is 2.50. The quantitative estimate of drug-likeness (QED) is 0.422. The summed E-state index contributed by atoms with van der Waals surface area (Å²) < 4.78 is 6.07. The van der Waals surface area contributed by atoms with E-state index in [1.807, 2.05) is 13.0 Å². The van der Waals surface area contributed by atoms with Crippen LogP contribution in [-0.2, 0) is 4.74 Å². The summed E-state index contributed by atoms with van der Waals surface area (Å²) in [5.74, 6) is 0. The van der Waals surface area contributed by atoms with Gasteiger partial charge in [0.1, 0.15) is 5.60 Å². The molecule has 102 valence electrons. The lowest BCUT2D eigenvalue weighted by Crippen LogP contribution is -2.57. The fraction of sp³-hybridized carbons (Fsp3) is 0.867. The molecule has 1 heterocycles. The number of hydrogen-bond donors (Lipinski definition) is 1. The second kappa shape index (κ2) is 3.42.